The molecule has 3 fully saturated rings. The Bertz CT molecular complexity index is 2480. The number of sulfonamides is 1. The Morgan fingerprint density at radius 2 is 1.92 bits per heavy atom. The molecule has 0 bridgehead atoms. The van der Waals surface area contributed by atoms with Gasteiger partial charge in [0.2, 0.25) is 10.0 Å². The van der Waals surface area contributed by atoms with Crippen LogP contribution in [0.15, 0.2) is 48.7 Å². The van der Waals surface area contributed by atoms with E-state index < -0.39 is 15.8 Å². The minimum Gasteiger partial charge on any atom is -0.339 e. The number of rotatable bonds is 7. The van der Waals surface area contributed by atoms with Gasteiger partial charge in [-0.25, -0.2) is 17.3 Å². The Hall–Kier alpha value is -4.46. The number of fused-ring (bicyclic) bond motifs is 4. The molecule has 6 aromatic rings. The summed E-state index contributed by atoms with van der Waals surface area (Å²) in [7, 11) is -1.82. The molecule has 1 aliphatic carbocycles. The fourth-order valence-electron chi connectivity index (χ4n) is 7.39. The molecule has 246 valence electrons. The lowest BCUT2D eigenvalue weighted by Gasteiger charge is -2.17. The van der Waals surface area contributed by atoms with Gasteiger partial charge in [-0.05, 0) is 61.9 Å². The second-order valence-electron chi connectivity index (χ2n) is 13.4. The van der Waals surface area contributed by atoms with Crippen LogP contribution in [-0.4, -0.2) is 68.2 Å². The summed E-state index contributed by atoms with van der Waals surface area (Å²) in [4.78, 5) is 15.1. The van der Waals surface area contributed by atoms with Gasteiger partial charge in [0, 0.05) is 54.4 Å². The van der Waals surface area contributed by atoms with Crippen molar-refractivity contribution in [1.29, 1.82) is 0 Å². The molecule has 14 heteroatoms. The van der Waals surface area contributed by atoms with Crippen LogP contribution in [0.3, 0.4) is 0 Å². The van der Waals surface area contributed by atoms with Crippen molar-refractivity contribution in [2.75, 3.05) is 17.5 Å². The average molecular weight is 687 g/mol. The third-order valence-corrected chi connectivity index (χ3v) is 10.8. The molecule has 2 saturated heterocycles. The summed E-state index contributed by atoms with van der Waals surface area (Å²) in [5, 5.41) is 14.5. The fourth-order valence-corrected chi connectivity index (χ4v) is 8.12. The molecule has 2 aliphatic heterocycles. The van der Waals surface area contributed by atoms with Gasteiger partial charge in [0.25, 0.3) is 5.91 Å². The minimum atomic E-state index is -3.58. The predicted molar refractivity (Wildman–Crippen MR) is 183 cm³/mol. The van der Waals surface area contributed by atoms with Crippen molar-refractivity contribution in [3.05, 3.63) is 70.6 Å². The number of hydrogen-bond donors (Lipinski definition) is 2. The molecular weight excluding hydrogens is 655 g/mol. The maximum absolute atomic E-state index is 15.7. The zero-order valence-corrected chi connectivity index (χ0v) is 28.0. The number of nitrogens with zero attached hydrogens (tertiary/aromatic N) is 6. The third-order valence-electron chi connectivity index (χ3n) is 9.91. The molecule has 2 N–H and O–H groups in total. The van der Waals surface area contributed by atoms with Crippen molar-refractivity contribution in [3.8, 4) is 22.5 Å². The van der Waals surface area contributed by atoms with Gasteiger partial charge < -0.3 is 9.47 Å². The molecule has 11 nitrogen and oxygen atoms in total. The number of likely N-dealkylation sites (tertiary alicyclic amines) is 1. The van der Waals surface area contributed by atoms with E-state index in [1.54, 1.807) is 28.9 Å². The number of anilines is 1. The van der Waals surface area contributed by atoms with E-state index in [0.29, 0.717) is 51.2 Å². The molecule has 6 heterocycles. The first-order chi connectivity index (χ1) is 22.9. The van der Waals surface area contributed by atoms with Crippen molar-refractivity contribution < 1.29 is 17.6 Å². The molecule has 48 heavy (non-hydrogen) atoms. The number of pyridine rings is 1. The van der Waals surface area contributed by atoms with Gasteiger partial charge in [-0.3, -0.25) is 19.5 Å². The van der Waals surface area contributed by atoms with Crippen LogP contribution < -0.4 is 10.0 Å². The second kappa shape index (κ2) is 10.3. The van der Waals surface area contributed by atoms with Crippen LogP contribution in [-0.2, 0) is 23.6 Å². The van der Waals surface area contributed by atoms with Crippen LogP contribution in [0, 0.1) is 18.7 Å². The number of amides is 1. The molecule has 0 spiro atoms. The first kappa shape index (κ1) is 29.7. The van der Waals surface area contributed by atoms with E-state index in [-0.39, 0.29) is 23.5 Å². The normalized spacial score (nSPS) is 19.1. The highest BCUT2D eigenvalue weighted by Gasteiger charge is 2.48. The maximum Gasteiger partial charge on any atom is 0.256 e. The standard InChI is InChI=1S/C34H32ClFN8O3S/c1-17-29(38-44-16-21(12-24(36)30(17)44)34(45)42-11-10-25-33(42)37-25)27-14-20-7-6-19(13-26(20)43(27)15-18-4-5-18)22-8-9-23(35)28-31(22)41(2)39-32(28)40-48(3,46)47/h6-9,12-14,16,18,25,33,37H,4-5,10-11,15H2,1-3H3,(H,39,40). The van der Waals surface area contributed by atoms with Crippen LogP contribution in [0.2, 0.25) is 5.02 Å². The van der Waals surface area contributed by atoms with Crippen LogP contribution in [0.25, 0.3) is 49.8 Å². The lowest BCUT2D eigenvalue weighted by atomic mass is 10.0. The molecule has 0 radical (unpaired) electrons. The first-order valence-electron chi connectivity index (χ1n) is 16.0. The van der Waals surface area contributed by atoms with E-state index in [9.17, 15) is 13.2 Å². The van der Waals surface area contributed by atoms with Crippen molar-refractivity contribution in [3.63, 3.8) is 0 Å². The van der Waals surface area contributed by atoms with E-state index >= 15 is 4.39 Å². The molecule has 9 rings (SSSR count). The molecule has 2 aromatic carbocycles. The van der Waals surface area contributed by atoms with Gasteiger partial charge in [-0.1, -0.05) is 29.8 Å². The molecule has 3 aliphatic rings. The second-order valence-corrected chi connectivity index (χ2v) is 15.5. The van der Waals surface area contributed by atoms with Crippen LogP contribution in [0.4, 0.5) is 10.2 Å². The van der Waals surface area contributed by atoms with E-state index in [0.717, 1.165) is 59.8 Å². The molecule has 1 saturated carbocycles. The Morgan fingerprint density at radius 3 is 2.62 bits per heavy atom. The molecule has 1 amide bonds. The summed E-state index contributed by atoms with van der Waals surface area (Å²) in [6.07, 6.45) is 5.95. The molecule has 2 unspecified atom stereocenters. The molecule has 4 aromatic heterocycles. The number of carbonyl (C=O) groups excluding carboxylic acids is 1. The summed E-state index contributed by atoms with van der Waals surface area (Å²) in [6.45, 7) is 3.33. The summed E-state index contributed by atoms with van der Waals surface area (Å²) in [5.41, 5.74) is 6.36. The Labute approximate surface area is 280 Å². The van der Waals surface area contributed by atoms with E-state index in [4.69, 9.17) is 16.7 Å². The number of aromatic nitrogens is 5. The quantitative estimate of drug-likeness (QED) is 0.213. The fraction of sp³-hybridized carbons (Fsp3) is 0.324. The summed E-state index contributed by atoms with van der Waals surface area (Å²) < 4.78 is 47.8. The number of nitrogens with one attached hydrogen (secondary N) is 2. The van der Waals surface area contributed by atoms with Crippen LogP contribution in [0.5, 0.6) is 0 Å². The molecule has 2 atom stereocenters. The van der Waals surface area contributed by atoms with E-state index in [2.05, 4.69) is 37.9 Å². The Kier molecular flexibility index (Phi) is 6.35. The summed E-state index contributed by atoms with van der Waals surface area (Å²) in [5.74, 6) is 0.0415. The van der Waals surface area contributed by atoms with Crippen molar-refractivity contribution in [1.82, 2.24) is 34.2 Å². The largest absolute Gasteiger partial charge is 0.339 e. The van der Waals surface area contributed by atoms with Gasteiger partial charge in [0.05, 0.1) is 39.6 Å². The predicted octanol–water partition coefficient (Wildman–Crippen LogP) is 5.54. The number of benzene rings is 2. The average Bonchev–Trinajstić information content (AvgIpc) is 3.87. The Balaban J connectivity index is 1.17. The summed E-state index contributed by atoms with van der Waals surface area (Å²) >= 11 is 6.60. The maximum atomic E-state index is 15.7. The highest BCUT2D eigenvalue weighted by atomic mass is 35.5. The zero-order chi connectivity index (χ0) is 33.2. The minimum absolute atomic E-state index is 0.0438. The third kappa shape index (κ3) is 4.70. The van der Waals surface area contributed by atoms with Crippen molar-refractivity contribution in [2.24, 2.45) is 13.0 Å². The summed E-state index contributed by atoms with van der Waals surface area (Å²) in [6, 6.07) is 13.7. The van der Waals surface area contributed by atoms with Gasteiger partial charge >= 0.3 is 0 Å². The van der Waals surface area contributed by atoms with Gasteiger partial charge in [-0.2, -0.15) is 10.2 Å². The van der Waals surface area contributed by atoms with Gasteiger partial charge in [0.15, 0.2) is 5.82 Å². The number of aryl methyl sites for hydroxylation is 2. The Morgan fingerprint density at radius 1 is 1.10 bits per heavy atom. The number of halogens is 2. The highest BCUT2D eigenvalue weighted by Crippen LogP contribution is 2.41. The van der Waals surface area contributed by atoms with Crippen molar-refractivity contribution >= 4 is 60.7 Å². The highest BCUT2D eigenvalue weighted by molar-refractivity contribution is 7.92. The van der Waals surface area contributed by atoms with Crippen molar-refractivity contribution in [2.45, 2.75) is 44.9 Å². The van der Waals surface area contributed by atoms with E-state index in [1.807, 2.05) is 19.1 Å². The zero-order valence-electron chi connectivity index (χ0n) is 26.5. The first-order valence-corrected chi connectivity index (χ1v) is 18.2. The van der Waals surface area contributed by atoms with Gasteiger partial charge in [-0.15, -0.1) is 0 Å². The lowest BCUT2D eigenvalue weighted by Crippen LogP contribution is -2.33. The van der Waals surface area contributed by atoms with Crippen LogP contribution in [0.1, 0.15) is 35.2 Å². The SMILES string of the molecule is Cc1c(-c2cc3ccc(-c4ccc(Cl)c5c(NS(C)(=O)=O)nn(C)c45)cc3n2CC2CC2)nn2cc(C(=O)N3CCC4NC43)cc(F)c12. The topological polar surface area (TPSA) is 128 Å². The smallest absolute Gasteiger partial charge is 0.256 e. The van der Waals surface area contributed by atoms with Gasteiger partial charge in [0.1, 0.15) is 17.0 Å². The number of hydrogen-bond acceptors (Lipinski definition) is 6. The lowest BCUT2D eigenvalue weighted by molar-refractivity contribution is 0.0762. The molecular formula is C34H32ClFN8O3S. The monoisotopic (exact) mass is 686 g/mol. The number of carbonyl (C=O) groups is 1. The van der Waals surface area contributed by atoms with E-state index in [1.165, 1.54) is 10.6 Å². The van der Waals surface area contributed by atoms with Crippen LogP contribution >= 0.6 is 11.6 Å².